The van der Waals surface area contributed by atoms with E-state index in [-0.39, 0.29) is 18.8 Å². The standard InChI is InChI=1S/C13H14N2O5.C9H10N2O2.C4H5ClO3.Al.3ClH/c1-4-20-13(17)11(16)7-5-14-10-9(7)8(18-2)6-15-12(10)19-3;1-12-7-5-11-9(13-2)8-6(7)3-4-10-8;1-2-8-4(7)3(5)6;;;;/h5-6,14H,4H2,1-3H3;3-5,10H,1-2H3;2H2,1H3;;3*1H/q;;;+3;;;/p-3. The Morgan fingerprint density at radius 1 is 0.778 bits per heavy atom. The minimum Gasteiger partial charge on any atom is -0.494 e. The van der Waals surface area contributed by atoms with E-state index in [2.05, 4.69) is 24.7 Å². The molecule has 0 aliphatic heterocycles. The van der Waals surface area contributed by atoms with Gasteiger partial charge in [-0.3, -0.25) is 9.59 Å². The number of carbonyl (C=O) groups is 4. The van der Waals surface area contributed by atoms with E-state index in [1.54, 1.807) is 34.3 Å². The molecule has 0 unspecified atom stereocenters. The molecule has 0 radical (unpaired) electrons. The van der Waals surface area contributed by atoms with Crippen LogP contribution in [-0.2, 0) is 23.9 Å². The maximum Gasteiger partial charge on any atom is 0.643 e. The number of nitrogens with one attached hydrogen (secondary N) is 2. The number of halogens is 4. The maximum absolute atomic E-state index is 12.1. The van der Waals surface area contributed by atoms with Gasteiger partial charge in [0.1, 0.15) is 22.5 Å². The average molecular weight is 726 g/mol. The summed E-state index contributed by atoms with van der Waals surface area (Å²) < 4.78 is 29.4. The molecule has 0 aliphatic rings. The van der Waals surface area contributed by atoms with Gasteiger partial charge in [-0.25, -0.2) is 49.7 Å². The number of ether oxygens (including phenoxy) is 6. The minimum absolute atomic E-state index is 0.134. The molecule has 4 rings (SSSR count). The summed E-state index contributed by atoms with van der Waals surface area (Å²) in [4.78, 5) is 57.5. The van der Waals surface area contributed by atoms with Gasteiger partial charge >= 0.3 is 28.6 Å². The van der Waals surface area contributed by atoms with Crippen molar-refractivity contribution in [3.63, 3.8) is 0 Å². The quantitative estimate of drug-likeness (QED) is 0.0784. The van der Waals surface area contributed by atoms with Crippen molar-refractivity contribution < 1.29 is 47.6 Å². The van der Waals surface area contributed by atoms with Crippen LogP contribution < -0.4 is 18.9 Å². The highest BCUT2D eigenvalue weighted by atomic mass is 35.8. The van der Waals surface area contributed by atoms with Gasteiger partial charge in [0.05, 0.1) is 65.0 Å². The third kappa shape index (κ3) is 11.8. The summed E-state index contributed by atoms with van der Waals surface area (Å²) in [6.45, 7) is 3.54. The van der Waals surface area contributed by atoms with E-state index in [0.29, 0.717) is 28.4 Å². The lowest BCUT2D eigenvalue weighted by atomic mass is 10.1. The number of esters is 2. The predicted molar refractivity (Wildman–Crippen MR) is 170 cm³/mol. The molecule has 19 heteroatoms. The highest BCUT2D eigenvalue weighted by Crippen LogP contribution is 2.33. The van der Waals surface area contributed by atoms with Crippen molar-refractivity contribution in [3.8, 4) is 23.3 Å². The number of ketones is 1. The van der Waals surface area contributed by atoms with Crippen molar-refractivity contribution in [1.82, 2.24) is 19.9 Å². The van der Waals surface area contributed by atoms with E-state index >= 15 is 0 Å². The normalized spacial score (nSPS) is 9.64. The summed E-state index contributed by atoms with van der Waals surface area (Å²) in [5.74, 6) is -0.638. The van der Waals surface area contributed by atoms with Crippen molar-refractivity contribution in [2.45, 2.75) is 13.8 Å². The van der Waals surface area contributed by atoms with Gasteiger partial charge in [0.15, 0.2) is 0 Å². The fraction of sp³-hybridized carbons (Fsp3) is 0.308. The Hall–Kier alpha value is -3.45. The fourth-order valence-electron chi connectivity index (χ4n) is 3.40. The van der Waals surface area contributed by atoms with E-state index in [1.807, 2.05) is 12.3 Å². The Labute approximate surface area is 279 Å². The number of rotatable bonds is 9. The first-order valence-electron chi connectivity index (χ1n) is 12.5. The van der Waals surface area contributed by atoms with Gasteiger partial charge in [0.25, 0.3) is 5.78 Å². The molecule has 0 saturated heterocycles. The molecular weight excluding hydrogens is 697 g/mol. The summed E-state index contributed by atoms with van der Waals surface area (Å²) in [5, 5.41) is 0.346. The van der Waals surface area contributed by atoms with Gasteiger partial charge < -0.3 is 38.4 Å². The van der Waals surface area contributed by atoms with E-state index in [4.69, 9.17) is 65.4 Å². The zero-order valence-corrected chi connectivity index (χ0v) is 29.0. The van der Waals surface area contributed by atoms with Crippen LogP contribution >= 0.6 is 41.7 Å². The van der Waals surface area contributed by atoms with E-state index < -0.39 is 34.3 Å². The lowest BCUT2D eigenvalue weighted by Crippen LogP contribution is -2.17. The summed E-state index contributed by atoms with van der Waals surface area (Å²) in [5.41, 5.74) is 1.51. The first-order chi connectivity index (χ1) is 21.4. The number of hydrogen-bond donors (Lipinski definition) is 2. The molecule has 244 valence electrons. The van der Waals surface area contributed by atoms with Crippen molar-refractivity contribution in [2.75, 3.05) is 41.7 Å². The number of Topliss-reactive ketones (excluding diaryl/α,β-unsaturated/α-hetero) is 1. The number of aromatic amines is 2. The molecule has 2 N–H and O–H groups in total. The number of carbonyl (C=O) groups excluding carboxylic acids is 4. The molecule has 45 heavy (non-hydrogen) atoms. The van der Waals surface area contributed by atoms with E-state index in [9.17, 15) is 19.2 Å². The van der Waals surface area contributed by atoms with E-state index in [1.165, 1.54) is 26.6 Å². The topological polar surface area (TPSA) is 181 Å². The number of nitrogens with zero attached hydrogens (tertiary/aromatic N) is 2. The summed E-state index contributed by atoms with van der Waals surface area (Å²) >= 11 is 2.97. The average Bonchev–Trinajstić information content (AvgIpc) is 3.69. The fourth-order valence-corrected chi connectivity index (χ4v) is 3.45. The molecule has 0 atom stereocenters. The number of H-pyrrole nitrogens is 2. The van der Waals surface area contributed by atoms with Crippen LogP contribution in [0.25, 0.3) is 21.8 Å². The second kappa shape index (κ2) is 20.6. The highest BCUT2D eigenvalue weighted by Gasteiger charge is 2.25. The molecule has 4 aromatic rings. The third-order valence-corrected chi connectivity index (χ3v) is 5.29. The van der Waals surface area contributed by atoms with E-state index in [0.717, 1.165) is 16.7 Å². The second-order valence-corrected chi connectivity index (χ2v) is 14.5. The zero-order chi connectivity index (χ0) is 34.1. The largest absolute Gasteiger partial charge is 0.643 e. The van der Waals surface area contributed by atoms with Gasteiger partial charge in [-0.1, -0.05) is 0 Å². The maximum atomic E-state index is 12.1. The lowest BCUT2D eigenvalue weighted by Gasteiger charge is -2.06. The smallest absolute Gasteiger partial charge is 0.494 e. The number of pyridine rings is 2. The molecule has 4 aromatic heterocycles. The first kappa shape index (κ1) is 39.6. The van der Waals surface area contributed by atoms with Crippen LogP contribution in [0.4, 0.5) is 0 Å². The molecule has 0 amide bonds. The molecule has 0 fully saturated rings. The number of fused-ring (bicyclic) bond motifs is 2. The number of aromatic nitrogens is 4. The highest BCUT2D eigenvalue weighted by molar-refractivity contribution is 7.54. The molecule has 14 nitrogen and oxygen atoms in total. The summed E-state index contributed by atoms with van der Waals surface area (Å²) in [6, 6.07) is 1.93. The lowest BCUT2D eigenvalue weighted by molar-refractivity contribution is -0.149. The van der Waals surface area contributed by atoms with Crippen LogP contribution in [0.3, 0.4) is 0 Å². The predicted octanol–water partition coefficient (Wildman–Crippen LogP) is 4.91. The Kier molecular flexibility index (Phi) is 18.1. The monoisotopic (exact) mass is 724 g/mol. The minimum atomic E-state index is -1.72. The van der Waals surface area contributed by atoms with Gasteiger partial charge in [-0.05, 0) is 31.5 Å². The van der Waals surface area contributed by atoms with Crippen molar-refractivity contribution in [3.05, 3.63) is 36.4 Å². The molecular formula is C26H29AlCl4N4O10. The molecule has 0 spiro atoms. The first-order valence-corrected chi connectivity index (χ1v) is 18.2. The Balaban J connectivity index is 0.000000346. The van der Waals surface area contributed by atoms with Crippen LogP contribution in [0.15, 0.2) is 30.9 Å². The number of methoxy groups -OCH3 is 4. The molecule has 0 saturated carbocycles. The van der Waals surface area contributed by atoms with Crippen LogP contribution in [0, 0.1) is 0 Å². The molecule has 4 heterocycles. The summed E-state index contributed by atoms with van der Waals surface area (Å²) in [6.07, 6.45) is 6.32. The Morgan fingerprint density at radius 3 is 1.76 bits per heavy atom. The van der Waals surface area contributed by atoms with Crippen molar-refractivity contribution >= 4 is 97.9 Å². The van der Waals surface area contributed by atoms with Crippen LogP contribution in [0.5, 0.6) is 23.3 Å². The zero-order valence-electron chi connectivity index (χ0n) is 24.9. The molecule has 0 bridgehead atoms. The Bertz CT molecular complexity index is 1540. The van der Waals surface area contributed by atoms with Gasteiger partial charge in [-0.15, -0.1) is 0 Å². The van der Waals surface area contributed by atoms with Gasteiger partial charge in [0, 0.05) is 17.8 Å². The van der Waals surface area contributed by atoms with Crippen molar-refractivity contribution in [2.24, 2.45) is 0 Å². The third-order valence-electron chi connectivity index (χ3n) is 5.13. The van der Waals surface area contributed by atoms with Crippen LogP contribution in [-0.4, -0.2) is 95.9 Å². The second-order valence-electron chi connectivity index (χ2n) is 7.68. The summed E-state index contributed by atoms with van der Waals surface area (Å²) in [7, 11) is 21.0. The molecule has 0 aromatic carbocycles. The van der Waals surface area contributed by atoms with Gasteiger partial charge in [-0.2, -0.15) is 0 Å². The van der Waals surface area contributed by atoms with Crippen molar-refractivity contribution in [1.29, 1.82) is 0 Å². The molecule has 0 aliphatic carbocycles. The van der Waals surface area contributed by atoms with Crippen LogP contribution in [0.1, 0.15) is 24.2 Å². The SMILES string of the molecule is CCOC(=O)C(=O)Cl.CCOC(=O)C(=O)c1c[nH]c2c(OC)ncc(OC)c12.COc1cnc(OC)c2[nH]ccc12.[Cl][Al]([Cl])[Cl]. The Morgan fingerprint density at radius 2 is 1.29 bits per heavy atom. The number of hydrogen-bond acceptors (Lipinski definition) is 12. The van der Waals surface area contributed by atoms with Gasteiger partial charge in [0.2, 0.25) is 11.8 Å². The van der Waals surface area contributed by atoms with Crippen LogP contribution in [0.2, 0.25) is 0 Å².